The molecule has 0 saturated heterocycles. The molecule has 0 atom stereocenters. The highest BCUT2D eigenvalue weighted by Crippen LogP contribution is 2.50. The van der Waals surface area contributed by atoms with E-state index in [2.05, 4.69) is 18.1 Å². The lowest BCUT2D eigenvalue weighted by Gasteiger charge is -2.14. The molecule has 1 saturated carbocycles. The average molecular weight is 185 g/mol. The molecule has 1 fully saturated rings. The van der Waals surface area contributed by atoms with Crippen molar-refractivity contribution in [2.45, 2.75) is 24.7 Å². The fourth-order valence-corrected chi connectivity index (χ4v) is 2.05. The Morgan fingerprint density at radius 2 is 2.21 bits per heavy atom. The van der Waals surface area contributed by atoms with Gasteiger partial charge in [0, 0.05) is 5.56 Å². The van der Waals surface area contributed by atoms with E-state index in [0.29, 0.717) is 5.41 Å². The van der Waals surface area contributed by atoms with Crippen molar-refractivity contribution >= 4 is 0 Å². The van der Waals surface area contributed by atoms with Crippen LogP contribution in [0.25, 0.3) is 0 Å². The zero-order valence-electron chi connectivity index (χ0n) is 8.29. The van der Waals surface area contributed by atoms with Crippen molar-refractivity contribution in [2.24, 2.45) is 5.73 Å². The van der Waals surface area contributed by atoms with Crippen molar-refractivity contribution in [2.75, 3.05) is 6.54 Å². The van der Waals surface area contributed by atoms with Crippen LogP contribution in [0.3, 0.4) is 0 Å². The van der Waals surface area contributed by atoms with E-state index in [0.717, 1.165) is 18.5 Å². The third kappa shape index (κ3) is 1.54. The molecule has 0 heterocycles. The molecule has 0 radical (unpaired) electrons. The number of terminal acetylenes is 1. The Balaban J connectivity index is 2.28. The van der Waals surface area contributed by atoms with Gasteiger partial charge in [-0.2, -0.15) is 0 Å². The van der Waals surface area contributed by atoms with Crippen LogP contribution in [-0.4, -0.2) is 6.54 Å². The van der Waals surface area contributed by atoms with Gasteiger partial charge in [-0.15, -0.1) is 6.42 Å². The summed E-state index contributed by atoms with van der Waals surface area (Å²) in [6.07, 6.45) is 8.99. The first-order valence-electron chi connectivity index (χ1n) is 5.08. The molecular weight excluding hydrogens is 170 g/mol. The minimum Gasteiger partial charge on any atom is -0.330 e. The lowest BCUT2D eigenvalue weighted by atomic mass is 9.91. The van der Waals surface area contributed by atoms with Crippen molar-refractivity contribution in [3.63, 3.8) is 0 Å². The highest BCUT2D eigenvalue weighted by Gasteiger charge is 2.43. The van der Waals surface area contributed by atoms with E-state index in [-0.39, 0.29) is 0 Å². The van der Waals surface area contributed by atoms with Gasteiger partial charge in [0.1, 0.15) is 0 Å². The van der Waals surface area contributed by atoms with Crippen molar-refractivity contribution in [3.8, 4) is 12.3 Å². The molecule has 72 valence electrons. The SMILES string of the molecule is C#Cc1cccc(C2(CCN)CC2)c1. The third-order valence-corrected chi connectivity index (χ3v) is 3.12. The lowest BCUT2D eigenvalue weighted by molar-refractivity contribution is 0.629. The molecule has 0 bridgehead atoms. The summed E-state index contributed by atoms with van der Waals surface area (Å²) in [5, 5.41) is 0. The molecule has 1 aliphatic rings. The maximum atomic E-state index is 5.62. The summed E-state index contributed by atoms with van der Waals surface area (Å²) < 4.78 is 0. The van der Waals surface area contributed by atoms with Crippen LogP contribution in [0, 0.1) is 12.3 Å². The maximum Gasteiger partial charge on any atom is 0.0245 e. The first-order chi connectivity index (χ1) is 6.80. The summed E-state index contributed by atoms with van der Waals surface area (Å²) in [4.78, 5) is 0. The van der Waals surface area contributed by atoms with E-state index >= 15 is 0 Å². The highest BCUT2D eigenvalue weighted by atomic mass is 14.6. The number of nitrogens with two attached hydrogens (primary N) is 1. The Hall–Kier alpha value is -1.26. The van der Waals surface area contributed by atoms with Crippen LogP contribution >= 0.6 is 0 Å². The molecule has 2 N–H and O–H groups in total. The predicted octanol–water partition coefficient (Wildman–Crippen LogP) is 2.05. The first kappa shape index (κ1) is 9.30. The lowest BCUT2D eigenvalue weighted by Crippen LogP contribution is -2.13. The molecule has 0 aromatic heterocycles. The molecule has 1 nitrogen and oxygen atoms in total. The van der Waals surface area contributed by atoms with Gasteiger partial charge >= 0.3 is 0 Å². The zero-order valence-corrected chi connectivity index (χ0v) is 8.29. The molecule has 2 rings (SSSR count). The van der Waals surface area contributed by atoms with Crippen LogP contribution in [0.15, 0.2) is 24.3 Å². The Kier molecular flexibility index (Phi) is 2.31. The standard InChI is InChI=1S/C13H15N/c1-2-11-4-3-5-12(10-11)13(6-7-13)8-9-14/h1,3-5,10H,6-9,14H2. The van der Waals surface area contributed by atoms with E-state index in [1.165, 1.54) is 18.4 Å². The van der Waals surface area contributed by atoms with Crippen LogP contribution in [0.5, 0.6) is 0 Å². The van der Waals surface area contributed by atoms with Crippen LogP contribution in [0.4, 0.5) is 0 Å². The maximum absolute atomic E-state index is 5.62. The Labute approximate surface area is 85.3 Å². The van der Waals surface area contributed by atoms with E-state index in [1.807, 2.05) is 12.1 Å². The second-order valence-corrected chi connectivity index (χ2v) is 4.04. The molecule has 14 heavy (non-hydrogen) atoms. The van der Waals surface area contributed by atoms with Gasteiger partial charge in [0.15, 0.2) is 0 Å². The molecule has 1 aromatic carbocycles. The Morgan fingerprint density at radius 3 is 2.79 bits per heavy atom. The van der Waals surface area contributed by atoms with Crippen LogP contribution in [0.1, 0.15) is 30.4 Å². The number of rotatable bonds is 3. The van der Waals surface area contributed by atoms with Crippen LogP contribution in [-0.2, 0) is 5.41 Å². The van der Waals surface area contributed by atoms with E-state index < -0.39 is 0 Å². The van der Waals surface area contributed by atoms with Gasteiger partial charge in [0.25, 0.3) is 0 Å². The highest BCUT2D eigenvalue weighted by molar-refractivity contribution is 5.40. The monoisotopic (exact) mass is 185 g/mol. The van der Waals surface area contributed by atoms with Gasteiger partial charge in [0.05, 0.1) is 0 Å². The Morgan fingerprint density at radius 1 is 1.43 bits per heavy atom. The third-order valence-electron chi connectivity index (χ3n) is 3.12. The molecule has 0 amide bonds. The van der Waals surface area contributed by atoms with Crippen LogP contribution in [0.2, 0.25) is 0 Å². The van der Waals surface area contributed by atoms with Gasteiger partial charge in [0.2, 0.25) is 0 Å². The van der Waals surface area contributed by atoms with Gasteiger partial charge < -0.3 is 5.73 Å². The van der Waals surface area contributed by atoms with Gasteiger partial charge in [-0.1, -0.05) is 18.1 Å². The molecule has 0 unspecified atom stereocenters. The number of hydrogen-bond acceptors (Lipinski definition) is 1. The molecule has 1 heteroatoms. The predicted molar refractivity (Wildman–Crippen MR) is 59.0 cm³/mol. The molecule has 1 aromatic rings. The van der Waals surface area contributed by atoms with Gasteiger partial charge in [-0.05, 0) is 48.9 Å². The van der Waals surface area contributed by atoms with Crippen molar-refractivity contribution in [3.05, 3.63) is 35.4 Å². The summed E-state index contributed by atoms with van der Waals surface area (Å²) in [6.45, 7) is 0.764. The van der Waals surface area contributed by atoms with Gasteiger partial charge in [-0.25, -0.2) is 0 Å². The molecule has 0 aliphatic heterocycles. The second-order valence-electron chi connectivity index (χ2n) is 4.04. The number of benzene rings is 1. The fourth-order valence-electron chi connectivity index (χ4n) is 2.05. The minimum atomic E-state index is 0.363. The van der Waals surface area contributed by atoms with Crippen molar-refractivity contribution in [1.29, 1.82) is 0 Å². The summed E-state index contributed by atoms with van der Waals surface area (Å²) in [6, 6.07) is 8.31. The number of hydrogen-bond donors (Lipinski definition) is 1. The second kappa shape index (κ2) is 3.48. The fraction of sp³-hybridized carbons (Fsp3) is 0.385. The molecular formula is C13H15N. The van der Waals surface area contributed by atoms with Crippen LogP contribution < -0.4 is 5.73 Å². The van der Waals surface area contributed by atoms with Gasteiger partial charge in [-0.3, -0.25) is 0 Å². The van der Waals surface area contributed by atoms with Crippen molar-refractivity contribution in [1.82, 2.24) is 0 Å². The normalized spacial score (nSPS) is 17.4. The minimum absolute atomic E-state index is 0.363. The van der Waals surface area contributed by atoms with Crippen molar-refractivity contribution < 1.29 is 0 Å². The summed E-state index contributed by atoms with van der Waals surface area (Å²) in [5.74, 6) is 2.68. The zero-order chi connectivity index (χ0) is 10.0. The topological polar surface area (TPSA) is 26.0 Å². The Bertz CT molecular complexity index is 369. The molecule has 1 aliphatic carbocycles. The molecule has 0 spiro atoms. The average Bonchev–Trinajstić information content (AvgIpc) is 3.00. The largest absolute Gasteiger partial charge is 0.330 e. The van der Waals surface area contributed by atoms with E-state index in [4.69, 9.17) is 12.2 Å². The van der Waals surface area contributed by atoms with E-state index in [9.17, 15) is 0 Å². The quantitative estimate of drug-likeness (QED) is 0.717. The summed E-state index contributed by atoms with van der Waals surface area (Å²) in [7, 11) is 0. The summed E-state index contributed by atoms with van der Waals surface area (Å²) >= 11 is 0. The van der Waals surface area contributed by atoms with E-state index in [1.54, 1.807) is 0 Å². The first-order valence-corrected chi connectivity index (χ1v) is 5.08. The summed E-state index contributed by atoms with van der Waals surface area (Å²) in [5.41, 5.74) is 8.34. The smallest absolute Gasteiger partial charge is 0.0245 e.